The maximum absolute atomic E-state index is 16.0. The zero-order valence-electron chi connectivity index (χ0n) is 26.9. The molecule has 2 aliphatic rings. The van der Waals surface area contributed by atoms with Crippen molar-refractivity contribution in [3.8, 4) is 11.5 Å². The Bertz CT molecular complexity index is 1600. The molecule has 238 valence electrons. The lowest BCUT2D eigenvalue weighted by molar-refractivity contribution is -0.130. The summed E-state index contributed by atoms with van der Waals surface area (Å²) in [6, 6.07) is 18.0. The molecule has 1 amide bonds. The Morgan fingerprint density at radius 2 is 1.60 bits per heavy atom. The van der Waals surface area contributed by atoms with E-state index in [-0.39, 0.29) is 36.8 Å². The highest BCUT2D eigenvalue weighted by Gasteiger charge is 2.56. The van der Waals surface area contributed by atoms with E-state index in [0.29, 0.717) is 31.7 Å². The van der Waals surface area contributed by atoms with Gasteiger partial charge in [0.25, 0.3) is 5.91 Å². The van der Waals surface area contributed by atoms with E-state index < -0.39 is 25.0 Å². The number of aliphatic hydroxyl groups excluding tert-OH is 1. The van der Waals surface area contributed by atoms with E-state index in [9.17, 15) is 9.90 Å². The van der Waals surface area contributed by atoms with Crippen LogP contribution < -0.4 is 0 Å². The van der Waals surface area contributed by atoms with Gasteiger partial charge in [-0.2, -0.15) is 0 Å². The van der Waals surface area contributed by atoms with Gasteiger partial charge in [0.2, 0.25) is 0 Å². The first-order chi connectivity index (χ1) is 21.3. The second kappa shape index (κ2) is 13.0. The van der Waals surface area contributed by atoms with Crippen LogP contribution in [-0.2, 0) is 17.0 Å². The van der Waals surface area contributed by atoms with Crippen LogP contribution >= 0.6 is 27.5 Å². The van der Waals surface area contributed by atoms with Gasteiger partial charge in [0.05, 0.1) is 24.3 Å². The van der Waals surface area contributed by atoms with Crippen LogP contribution in [0.25, 0.3) is 0 Å². The molecule has 1 N–H and O–H groups in total. The number of aliphatic hydroxyl groups is 1. The smallest absolute Gasteiger partial charge is 0.257 e. The molecule has 0 spiro atoms. The molecule has 4 nitrogen and oxygen atoms in total. The van der Waals surface area contributed by atoms with Gasteiger partial charge in [-0.05, 0) is 71.4 Å². The number of fused-ring (bicyclic) bond motifs is 1. The van der Waals surface area contributed by atoms with Crippen molar-refractivity contribution in [3.63, 3.8) is 0 Å². The average Bonchev–Trinajstić information content (AvgIpc) is 3.74. The summed E-state index contributed by atoms with van der Waals surface area (Å²) >= 11 is 9.65. The van der Waals surface area contributed by atoms with Gasteiger partial charge >= 0.3 is 0 Å². The molecular formula is C37H42BrClFNO3Si. The third-order valence-electron chi connectivity index (χ3n) is 9.95. The number of carbonyl (C=O) groups excluding carboxylic acids is 1. The van der Waals surface area contributed by atoms with Crippen LogP contribution in [0.2, 0.25) is 21.6 Å². The molecule has 1 fully saturated rings. The van der Waals surface area contributed by atoms with E-state index >= 15 is 4.39 Å². The molecule has 0 radical (unpaired) electrons. The van der Waals surface area contributed by atoms with Crippen molar-refractivity contribution in [1.29, 1.82) is 0 Å². The molecule has 3 aromatic rings. The topological polar surface area (TPSA) is 49.8 Å². The molecule has 1 aliphatic heterocycles. The van der Waals surface area contributed by atoms with E-state index in [0.717, 1.165) is 24.0 Å². The zero-order valence-corrected chi connectivity index (χ0v) is 30.2. The molecule has 1 aliphatic carbocycles. The number of benzene rings is 3. The number of rotatable bonds is 10. The van der Waals surface area contributed by atoms with E-state index in [2.05, 4.69) is 68.9 Å². The quantitative estimate of drug-likeness (QED) is 0.169. The first-order valence-electron chi connectivity index (χ1n) is 15.7. The zero-order chi connectivity index (χ0) is 32.7. The molecule has 8 heteroatoms. The van der Waals surface area contributed by atoms with Crippen LogP contribution in [0.15, 0.2) is 65.1 Å². The van der Waals surface area contributed by atoms with Gasteiger partial charge in [0, 0.05) is 32.6 Å². The summed E-state index contributed by atoms with van der Waals surface area (Å²) in [6.07, 6.45) is 1.61. The second-order valence-electron chi connectivity index (χ2n) is 13.6. The highest BCUT2D eigenvalue weighted by Crippen LogP contribution is 2.52. The predicted octanol–water partition coefficient (Wildman–Crippen LogP) is 9.46. The number of carbonyl (C=O) groups is 1. The van der Waals surface area contributed by atoms with E-state index in [4.69, 9.17) is 16.3 Å². The fraction of sp³-hybridized carbons (Fsp3) is 0.432. The maximum Gasteiger partial charge on any atom is 0.257 e. The number of halogens is 3. The number of hydrogen-bond acceptors (Lipinski definition) is 3. The molecule has 1 unspecified atom stereocenters. The van der Waals surface area contributed by atoms with Gasteiger partial charge < -0.3 is 9.84 Å². The highest BCUT2D eigenvalue weighted by molar-refractivity contribution is 9.10. The molecule has 0 bridgehead atoms. The summed E-state index contributed by atoms with van der Waals surface area (Å²) in [5.41, 5.74) is 6.24. The summed E-state index contributed by atoms with van der Waals surface area (Å²) < 4.78 is 23.2. The van der Waals surface area contributed by atoms with Gasteiger partial charge in [-0.25, -0.2) is 4.39 Å². The van der Waals surface area contributed by atoms with Crippen molar-refractivity contribution in [2.24, 2.45) is 5.41 Å². The summed E-state index contributed by atoms with van der Waals surface area (Å²) in [5.74, 6) is 2.62. The van der Waals surface area contributed by atoms with Gasteiger partial charge in [0.1, 0.15) is 13.9 Å². The second-order valence-corrected chi connectivity index (χ2v) is 20.6. The molecular weight excluding hydrogens is 669 g/mol. The molecule has 1 heterocycles. The molecule has 1 saturated carbocycles. The summed E-state index contributed by atoms with van der Waals surface area (Å²) in [5, 5.41) is 10.6. The van der Waals surface area contributed by atoms with Gasteiger partial charge in [0.15, 0.2) is 5.72 Å². The lowest BCUT2D eigenvalue weighted by Gasteiger charge is -2.40. The number of nitrogens with zero attached hydrogens (tertiary/aromatic N) is 1. The van der Waals surface area contributed by atoms with E-state index in [1.165, 1.54) is 6.07 Å². The van der Waals surface area contributed by atoms with Crippen molar-refractivity contribution < 1.29 is 19.0 Å². The Kier molecular flexibility index (Phi) is 9.76. The van der Waals surface area contributed by atoms with Gasteiger partial charge in [-0.1, -0.05) is 99.3 Å². The third kappa shape index (κ3) is 6.17. The fourth-order valence-corrected chi connectivity index (χ4v) is 13.0. The van der Waals surface area contributed by atoms with Gasteiger partial charge in [-0.3, -0.25) is 9.69 Å². The number of amides is 1. The average molecular weight is 711 g/mol. The fourth-order valence-electron chi connectivity index (χ4n) is 7.17. The molecule has 0 saturated heterocycles. The van der Waals surface area contributed by atoms with Crippen molar-refractivity contribution in [1.82, 2.24) is 4.90 Å². The summed E-state index contributed by atoms with van der Waals surface area (Å²) in [7, 11) is -1.89. The highest BCUT2D eigenvalue weighted by atomic mass is 79.9. The van der Waals surface area contributed by atoms with Crippen LogP contribution in [0, 0.1) is 22.7 Å². The van der Waals surface area contributed by atoms with E-state index in [1.54, 1.807) is 35.2 Å². The number of hydrogen-bond donors (Lipinski definition) is 1. The normalized spacial score (nSPS) is 18.9. The third-order valence-corrected chi connectivity index (χ3v) is 16.9. The van der Waals surface area contributed by atoms with Crippen molar-refractivity contribution in [3.05, 3.63) is 104 Å². The Labute approximate surface area is 281 Å². The molecule has 5 rings (SSSR count). The SMILES string of the molecule is CC(C)[Si](C#Cc1ccc(CN2C(=O)c3cc(Br)cc(F)c3C2(OCC2(CO)CC2)c2ccc(Cl)cc2)cc1)(C(C)C)C(C)C. The Morgan fingerprint density at radius 1 is 1.00 bits per heavy atom. The lowest BCUT2D eigenvalue weighted by Crippen LogP contribution is -2.48. The minimum Gasteiger partial charge on any atom is -0.396 e. The standard InChI is InChI=1S/C37H42BrClFNO3Si/c1-24(2)45(25(3)4,26(5)6)18-15-27-7-9-28(10-8-27)21-41-35(43)32-19-30(38)20-33(40)34(32)37(41,29-11-13-31(39)14-12-29)44-23-36(22-42)16-17-36/h7-14,19-20,24-26,42H,16-17,21-23H2,1-6H3. The van der Waals surface area contributed by atoms with Crippen molar-refractivity contribution >= 4 is 41.5 Å². The van der Waals surface area contributed by atoms with Crippen LogP contribution in [0.1, 0.15) is 87.0 Å². The Balaban J connectivity index is 1.57. The van der Waals surface area contributed by atoms with Crippen LogP contribution in [-0.4, -0.2) is 37.2 Å². The first-order valence-corrected chi connectivity index (χ1v) is 19.1. The minimum atomic E-state index is -1.89. The van der Waals surface area contributed by atoms with Crippen LogP contribution in [0.3, 0.4) is 0 Å². The minimum absolute atomic E-state index is 0.0373. The molecule has 0 aromatic heterocycles. The molecule has 1 atom stereocenters. The summed E-state index contributed by atoms with van der Waals surface area (Å²) in [4.78, 5) is 15.8. The van der Waals surface area contributed by atoms with Crippen molar-refractivity contribution in [2.45, 2.75) is 83.3 Å². The first kappa shape index (κ1) is 33.9. The van der Waals surface area contributed by atoms with Gasteiger partial charge in [-0.15, -0.1) is 5.54 Å². The Hall–Kier alpha value is -2.47. The maximum atomic E-state index is 16.0. The monoisotopic (exact) mass is 709 g/mol. The molecule has 3 aromatic carbocycles. The van der Waals surface area contributed by atoms with Crippen LogP contribution in [0.5, 0.6) is 0 Å². The van der Waals surface area contributed by atoms with Crippen molar-refractivity contribution in [2.75, 3.05) is 13.2 Å². The predicted molar refractivity (Wildman–Crippen MR) is 185 cm³/mol. The largest absolute Gasteiger partial charge is 0.396 e. The summed E-state index contributed by atoms with van der Waals surface area (Å²) in [6.45, 7) is 14.1. The molecule has 45 heavy (non-hydrogen) atoms. The van der Waals surface area contributed by atoms with E-state index in [1.807, 2.05) is 24.3 Å². The number of ether oxygens (including phenoxy) is 1. The lowest BCUT2D eigenvalue weighted by atomic mass is 9.92. The van der Waals surface area contributed by atoms with Crippen LogP contribution in [0.4, 0.5) is 4.39 Å². The Morgan fingerprint density at radius 3 is 2.13 bits per heavy atom.